The molecule has 1 fully saturated rings. The molecule has 1 aromatic rings. The fourth-order valence-corrected chi connectivity index (χ4v) is 2.11. The van der Waals surface area contributed by atoms with Crippen molar-refractivity contribution >= 4 is 17.4 Å². The minimum absolute atomic E-state index is 0.297. The van der Waals surface area contributed by atoms with Crippen molar-refractivity contribution in [3.05, 3.63) is 24.1 Å². The molecule has 0 aromatic carbocycles. The van der Waals surface area contributed by atoms with E-state index in [9.17, 15) is 4.39 Å². The summed E-state index contributed by atoms with van der Waals surface area (Å²) < 4.78 is 18.3. The third-order valence-corrected chi connectivity index (χ3v) is 3.06. The normalized spacial score (nSPS) is 17.4. The molecule has 0 unspecified atom stereocenters. The SMILES string of the molecule is Fc1ccc(N2CCC(OCCCl)CC2)nc1. The van der Waals surface area contributed by atoms with E-state index in [0.29, 0.717) is 18.6 Å². The van der Waals surface area contributed by atoms with Crippen LogP contribution in [-0.2, 0) is 4.74 Å². The largest absolute Gasteiger partial charge is 0.377 e. The van der Waals surface area contributed by atoms with Crippen LogP contribution in [-0.4, -0.2) is 36.7 Å². The summed E-state index contributed by atoms with van der Waals surface area (Å²) in [6.45, 7) is 2.40. The van der Waals surface area contributed by atoms with Gasteiger partial charge < -0.3 is 9.64 Å². The van der Waals surface area contributed by atoms with E-state index in [1.807, 2.05) is 0 Å². The molecule has 1 aliphatic rings. The predicted molar refractivity (Wildman–Crippen MR) is 66.1 cm³/mol. The van der Waals surface area contributed by atoms with Gasteiger partial charge in [-0.15, -0.1) is 11.6 Å². The zero-order valence-corrected chi connectivity index (χ0v) is 10.4. The summed E-state index contributed by atoms with van der Waals surface area (Å²) in [6, 6.07) is 3.16. The molecule has 2 heterocycles. The van der Waals surface area contributed by atoms with Crippen LogP contribution < -0.4 is 4.90 Å². The van der Waals surface area contributed by atoms with Gasteiger partial charge in [-0.3, -0.25) is 0 Å². The Morgan fingerprint density at radius 2 is 2.18 bits per heavy atom. The summed E-state index contributed by atoms with van der Waals surface area (Å²) in [6.07, 6.45) is 3.49. The van der Waals surface area contributed by atoms with E-state index in [1.165, 1.54) is 12.3 Å². The standard InChI is InChI=1S/C12H16ClFN2O/c13-5-8-17-11-3-6-16(7-4-11)12-2-1-10(14)9-15-12/h1-2,9,11H,3-8H2. The molecule has 94 valence electrons. The van der Waals surface area contributed by atoms with Crippen molar-refractivity contribution in [1.29, 1.82) is 0 Å². The molecule has 0 amide bonds. The molecule has 0 spiro atoms. The molecule has 0 aliphatic carbocycles. The van der Waals surface area contributed by atoms with Gasteiger partial charge in [-0.1, -0.05) is 0 Å². The minimum Gasteiger partial charge on any atom is -0.377 e. The van der Waals surface area contributed by atoms with Gasteiger partial charge in [-0.2, -0.15) is 0 Å². The number of rotatable bonds is 4. The number of hydrogen-bond donors (Lipinski definition) is 0. The van der Waals surface area contributed by atoms with Crippen LogP contribution in [0.1, 0.15) is 12.8 Å². The highest BCUT2D eigenvalue weighted by molar-refractivity contribution is 6.17. The number of halogens is 2. The summed E-state index contributed by atoms with van der Waals surface area (Å²) in [4.78, 5) is 6.23. The summed E-state index contributed by atoms with van der Waals surface area (Å²) >= 11 is 5.58. The Balaban J connectivity index is 1.84. The predicted octanol–water partition coefficient (Wildman–Crippen LogP) is 2.44. The van der Waals surface area contributed by atoms with E-state index in [4.69, 9.17) is 16.3 Å². The maximum Gasteiger partial charge on any atom is 0.141 e. The number of alkyl halides is 1. The first-order chi connectivity index (χ1) is 8.29. The Kier molecular flexibility index (Phi) is 4.57. The first-order valence-corrected chi connectivity index (χ1v) is 6.37. The number of piperidine rings is 1. The Labute approximate surface area is 106 Å². The van der Waals surface area contributed by atoms with Gasteiger partial charge >= 0.3 is 0 Å². The fourth-order valence-electron chi connectivity index (χ4n) is 2.02. The van der Waals surface area contributed by atoms with E-state index in [2.05, 4.69) is 9.88 Å². The van der Waals surface area contributed by atoms with Crippen LogP contribution >= 0.6 is 11.6 Å². The molecular weight excluding hydrogens is 243 g/mol. The van der Waals surface area contributed by atoms with E-state index >= 15 is 0 Å². The molecule has 1 aliphatic heterocycles. The van der Waals surface area contributed by atoms with Gasteiger partial charge in [0.05, 0.1) is 18.9 Å². The van der Waals surface area contributed by atoms with Crippen LogP contribution in [0.3, 0.4) is 0 Å². The molecule has 0 atom stereocenters. The molecule has 1 saturated heterocycles. The van der Waals surface area contributed by atoms with Crippen LogP contribution in [0.15, 0.2) is 18.3 Å². The first kappa shape index (κ1) is 12.6. The molecule has 2 rings (SSSR count). The second-order valence-corrected chi connectivity index (χ2v) is 4.46. The number of hydrogen-bond acceptors (Lipinski definition) is 3. The quantitative estimate of drug-likeness (QED) is 0.776. The number of anilines is 1. The Hall–Kier alpha value is -0.870. The number of nitrogens with zero attached hydrogens (tertiary/aromatic N) is 2. The average molecular weight is 259 g/mol. The number of pyridine rings is 1. The van der Waals surface area contributed by atoms with Crippen LogP contribution in [0.25, 0.3) is 0 Å². The van der Waals surface area contributed by atoms with Crippen LogP contribution in [0.4, 0.5) is 10.2 Å². The summed E-state index contributed by atoms with van der Waals surface area (Å²) in [5.74, 6) is 1.08. The molecule has 0 radical (unpaired) electrons. The van der Waals surface area contributed by atoms with Crippen molar-refractivity contribution in [2.45, 2.75) is 18.9 Å². The molecule has 5 heteroatoms. The van der Waals surface area contributed by atoms with Crippen molar-refractivity contribution < 1.29 is 9.13 Å². The highest BCUT2D eigenvalue weighted by atomic mass is 35.5. The molecule has 1 aromatic heterocycles. The molecule has 0 saturated carbocycles. The average Bonchev–Trinajstić information content (AvgIpc) is 2.38. The number of ether oxygens (including phenoxy) is 1. The van der Waals surface area contributed by atoms with Gasteiger partial charge in [-0.05, 0) is 25.0 Å². The van der Waals surface area contributed by atoms with E-state index in [0.717, 1.165) is 31.7 Å². The molecule has 3 nitrogen and oxygen atoms in total. The maximum absolute atomic E-state index is 12.7. The van der Waals surface area contributed by atoms with Crippen molar-refractivity contribution in [3.8, 4) is 0 Å². The summed E-state index contributed by atoms with van der Waals surface area (Å²) in [5, 5.41) is 0. The van der Waals surface area contributed by atoms with Crippen LogP contribution in [0.5, 0.6) is 0 Å². The first-order valence-electron chi connectivity index (χ1n) is 5.83. The minimum atomic E-state index is -0.297. The van der Waals surface area contributed by atoms with Gasteiger partial charge in [-0.25, -0.2) is 9.37 Å². The van der Waals surface area contributed by atoms with Gasteiger partial charge in [0.25, 0.3) is 0 Å². The zero-order chi connectivity index (χ0) is 12.1. The summed E-state index contributed by atoms with van der Waals surface area (Å²) in [7, 11) is 0. The van der Waals surface area contributed by atoms with Crippen molar-refractivity contribution in [1.82, 2.24) is 4.98 Å². The lowest BCUT2D eigenvalue weighted by molar-refractivity contribution is 0.0471. The second kappa shape index (κ2) is 6.17. The highest BCUT2D eigenvalue weighted by Gasteiger charge is 2.20. The van der Waals surface area contributed by atoms with E-state index in [-0.39, 0.29) is 5.82 Å². The summed E-state index contributed by atoms with van der Waals surface area (Å²) in [5.41, 5.74) is 0. The smallest absolute Gasteiger partial charge is 0.141 e. The topological polar surface area (TPSA) is 25.4 Å². The third kappa shape index (κ3) is 3.54. The Bertz CT molecular complexity index is 339. The second-order valence-electron chi connectivity index (χ2n) is 4.08. The van der Waals surface area contributed by atoms with Crippen molar-refractivity contribution in [2.24, 2.45) is 0 Å². The zero-order valence-electron chi connectivity index (χ0n) is 9.61. The highest BCUT2D eigenvalue weighted by Crippen LogP contribution is 2.19. The van der Waals surface area contributed by atoms with Gasteiger partial charge in [0, 0.05) is 19.0 Å². The van der Waals surface area contributed by atoms with E-state index in [1.54, 1.807) is 6.07 Å². The number of aromatic nitrogens is 1. The van der Waals surface area contributed by atoms with Gasteiger partial charge in [0.15, 0.2) is 0 Å². The molecule has 17 heavy (non-hydrogen) atoms. The van der Waals surface area contributed by atoms with Gasteiger partial charge in [0.1, 0.15) is 11.6 Å². The van der Waals surface area contributed by atoms with Crippen LogP contribution in [0, 0.1) is 5.82 Å². The lowest BCUT2D eigenvalue weighted by atomic mass is 10.1. The Morgan fingerprint density at radius 1 is 1.41 bits per heavy atom. The molecular formula is C12H16ClFN2O. The maximum atomic E-state index is 12.7. The lowest BCUT2D eigenvalue weighted by Crippen LogP contribution is -2.37. The molecule has 0 N–H and O–H groups in total. The van der Waals surface area contributed by atoms with Crippen LogP contribution in [0.2, 0.25) is 0 Å². The fraction of sp³-hybridized carbons (Fsp3) is 0.583. The van der Waals surface area contributed by atoms with Crippen molar-refractivity contribution in [3.63, 3.8) is 0 Å². The third-order valence-electron chi connectivity index (χ3n) is 2.91. The van der Waals surface area contributed by atoms with Crippen molar-refractivity contribution in [2.75, 3.05) is 30.5 Å². The molecule has 0 bridgehead atoms. The van der Waals surface area contributed by atoms with Gasteiger partial charge in [0.2, 0.25) is 0 Å². The van der Waals surface area contributed by atoms with E-state index < -0.39 is 0 Å². The monoisotopic (exact) mass is 258 g/mol. The lowest BCUT2D eigenvalue weighted by Gasteiger charge is -2.32. The Morgan fingerprint density at radius 3 is 2.76 bits per heavy atom.